The molecule has 1 aliphatic rings. The van der Waals surface area contributed by atoms with Crippen molar-refractivity contribution in [3.63, 3.8) is 0 Å². The second-order valence-electron chi connectivity index (χ2n) is 5.19. The molecule has 0 fully saturated rings. The SMILES string of the molecule is CC1=Cc2c(ccc3ccccc23)[CH]1[Zr]([CH3])[CH3]. The van der Waals surface area contributed by atoms with Crippen LogP contribution >= 0.6 is 0 Å². The van der Waals surface area contributed by atoms with E-state index in [0.717, 1.165) is 3.63 Å². The van der Waals surface area contributed by atoms with Gasteiger partial charge in [-0.25, -0.2) is 0 Å². The van der Waals surface area contributed by atoms with Crippen molar-refractivity contribution >= 4 is 16.8 Å². The Morgan fingerprint density at radius 3 is 2.53 bits per heavy atom. The summed E-state index contributed by atoms with van der Waals surface area (Å²) in [6.45, 7) is 2.31. The number of hydrogen-bond acceptors (Lipinski definition) is 0. The third-order valence-electron chi connectivity index (χ3n) is 3.72. The molecule has 0 aliphatic heterocycles. The van der Waals surface area contributed by atoms with Crippen molar-refractivity contribution in [2.24, 2.45) is 0 Å². The van der Waals surface area contributed by atoms with E-state index in [9.17, 15) is 0 Å². The van der Waals surface area contributed by atoms with Crippen molar-refractivity contribution < 1.29 is 21.8 Å². The van der Waals surface area contributed by atoms with Crippen LogP contribution in [0.15, 0.2) is 42.0 Å². The van der Waals surface area contributed by atoms with Gasteiger partial charge in [0.25, 0.3) is 0 Å². The number of fused-ring (bicyclic) bond motifs is 3. The first-order chi connectivity index (χ1) is 8.18. The molecule has 17 heavy (non-hydrogen) atoms. The Morgan fingerprint density at radius 2 is 1.76 bits per heavy atom. The van der Waals surface area contributed by atoms with Gasteiger partial charge in [-0.2, -0.15) is 0 Å². The first-order valence-corrected chi connectivity index (χ1v) is 12.5. The Hall–Kier alpha value is -0.677. The summed E-state index contributed by atoms with van der Waals surface area (Å²) in [4.78, 5) is 0. The summed E-state index contributed by atoms with van der Waals surface area (Å²) < 4.78 is 5.82. The van der Waals surface area contributed by atoms with E-state index in [2.05, 4.69) is 58.7 Å². The molecule has 1 atom stereocenters. The Bertz CT molecular complexity index is 608. The Kier molecular flexibility index (Phi) is 2.83. The van der Waals surface area contributed by atoms with Crippen molar-refractivity contribution in [3.8, 4) is 0 Å². The molecule has 0 radical (unpaired) electrons. The average Bonchev–Trinajstić information content (AvgIpc) is 2.65. The third-order valence-corrected chi connectivity index (χ3v) is 8.44. The second kappa shape index (κ2) is 4.21. The molecular weight excluding hydrogens is 283 g/mol. The molecule has 1 heteroatoms. The molecule has 2 aromatic carbocycles. The van der Waals surface area contributed by atoms with Gasteiger partial charge < -0.3 is 0 Å². The molecule has 85 valence electrons. The van der Waals surface area contributed by atoms with Gasteiger partial charge in [-0.15, -0.1) is 0 Å². The minimum atomic E-state index is -1.22. The van der Waals surface area contributed by atoms with Crippen LogP contribution in [-0.2, 0) is 21.8 Å². The van der Waals surface area contributed by atoms with Gasteiger partial charge >= 0.3 is 112 Å². The summed E-state index contributed by atoms with van der Waals surface area (Å²) in [5, 5.41) is 2.80. The molecule has 3 rings (SSSR count). The van der Waals surface area contributed by atoms with Crippen LogP contribution in [0.4, 0.5) is 0 Å². The van der Waals surface area contributed by atoms with Crippen molar-refractivity contribution in [2.75, 3.05) is 0 Å². The predicted octanol–water partition coefficient (Wildman–Crippen LogP) is 5.01. The molecule has 0 amide bonds. The topological polar surface area (TPSA) is 0 Å². The van der Waals surface area contributed by atoms with Gasteiger partial charge in [0, 0.05) is 0 Å². The molecule has 0 spiro atoms. The van der Waals surface area contributed by atoms with Gasteiger partial charge in [-0.05, 0) is 0 Å². The van der Waals surface area contributed by atoms with Crippen molar-refractivity contribution in [1.29, 1.82) is 0 Å². The van der Waals surface area contributed by atoms with Crippen LogP contribution in [0.5, 0.6) is 0 Å². The third kappa shape index (κ3) is 1.76. The molecular formula is C16H17Zr. The molecule has 1 aliphatic carbocycles. The molecule has 0 saturated carbocycles. The van der Waals surface area contributed by atoms with Crippen molar-refractivity contribution in [2.45, 2.75) is 19.8 Å². The van der Waals surface area contributed by atoms with Gasteiger partial charge in [0.15, 0.2) is 0 Å². The first-order valence-electron chi connectivity index (χ1n) is 6.18. The summed E-state index contributed by atoms with van der Waals surface area (Å²) in [5.74, 6) is 0. The number of allylic oxidation sites excluding steroid dienone is 1. The van der Waals surface area contributed by atoms with Crippen LogP contribution in [-0.4, -0.2) is 0 Å². The van der Waals surface area contributed by atoms with Gasteiger partial charge in [0.2, 0.25) is 0 Å². The summed E-state index contributed by atoms with van der Waals surface area (Å²) >= 11 is -1.22. The van der Waals surface area contributed by atoms with Gasteiger partial charge in [-0.1, -0.05) is 0 Å². The van der Waals surface area contributed by atoms with Crippen LogP contribution in [0.1, 0.15) is 21.7 Å². The van der Waals surface area contributed by atoms with E-state index in [1.807, 2.05) is 0 Å². The number of benzene rings is 2. The molecule has 1 unspecified atom stereocenters. The number of rotatable bonds is 1. The Morgan fingerprint density at radius 1 is 1.00 bits per heavy atom. The molecule has 0 nitrogen and oxygen atoms in total. The zero-order valence-corrected chi connectivity index (χ0v) is 13.1. The maximum absolute atomic E-state index is 2.51. The van der Waals surface area contributed by atoms with E-state index in [4.69, 9.17) is 0 Å². The fourth-order valence-electron chi connectivity index (χ4n) is 3.05. The van der Waals surface area contributed by atoms with E-state index >= 15 is 0 Å². The van der Waals surface area contributed by atoms with Crippen LogP contribution in [0.25, 0.3) is 16.8 Å². The first kappa shape index (κ1) is 11.4. The monoisotopic (exact) mass is 299 g/mol. The van der Waals surface area contributed by atoms with E-state index in [-0.39, 0.29) is 0 Å². The van der Waals surface area contributed by atoms with Crippen LogP contribution < -0.4 is 0 Å². The quantitative estimate of drug-likeness (QED) is 0.694. The Labute approximate surface area is 111 Å². The van der Waals surface area contributed by atoms with Crippen molar-refractivity contribution in [1.82, 2.24) is 0 Å². The molecule has 2 aromatic rings. The van der Waals surface area contributed by atoms with E-state index < -0.39 is 21.8 Å². The van der Waals surface area contributed by atoms with Crippen LogP contribution in [0, 0.1) is 0 Å². The zero-order valence-electron chi connectivity index (χ0n) is 10.6. The molecule has 0 N–H and O–H groups in total. The summed E-state index contributed by atoms with van der Waals surface area (Å²) in [6, 6.07) is 13.4. The normalized spacial score (nSPS) is 18.1. The number of hydrogen-bond donors (Lipinski definition) is 0. The summed E-state index contributed by atoms with van der Waals surface area (Å²) in [7, 11) is 0. The van der Waals surface area contributed by atoms with Gasteiger partial charge in [0.05, 0.1) is 0 Å². The fraction of sp³-hybridized carbons (Fsp3) is 0.250. The second-order valence-corrected chi connectivity index (χ2v) is 11.9. The van der Waals surface area contributed by atoms with Crippen LogP contribution in [0.3, 0.4) is 0 Å². The van der Waals surface area contributed by atoms with E-state index in [1.165, 1.54) is 16.3 Å². The summed E-state index contributed by atoms with van der Waals surface area (Å²) in [6.07, 6.45) is 2.43. The zero-order chi connectivity index (χ0) is 12.0. The fourth-order valence-corrected chi connectivity index (χ4v) is 7.64. The molecule has 0 heterocycles. The van der Waals surface area contributed by atoms with Gasteiger partial charge in [-0.3, -0.25) is 0 Å². The van der Waals surface area contributed by atoms with E-state index in [0.29, 0.717) is 0 Å². The van der Waals surface area contributed by atoms with Crippen molar-refractivity contribution in [3.05, 3.63) is 53.1 Å². The molecule has 0 aromatic heterocycles. The average molecular weight is 301 g/mol. The standard InChI is InChI=1S/C14H11.2CH3.Zr/c1-10-8-12-7-6-11-4-2-3-5-13(11)14(12)9-10;;;/h2-9H,1H3;2*1H3;. The maximum atomic E-state index is 2.51. The van der Waals surface area contributed by atoms with Crippen LogP contribution in [0.2, 0.25) is 9.26 Å². The van der Waals surface area contributed by atoms with Gasteiger partial charge in [0.1, 0.15) is 0 Å². The summed E-state index contributed by atoms with van der Waals surface area (Å²) in [5.41, 5.74) is 4.68. The minimum absolute atomic E-state index is 0.803. The molecule has 0 saturated heterocycles. The molecule has 0 bridgehead atoms. The predicted molar refractivity (Wildman–Crippen MR) is 72.1 cm³/mol. The van der Waals surface area contributed by atoms with E-state index in [1.54, 1.807) is 11.1 Å². The Balaban J connectivity index is 2.30.